The van der Waals surface area contributed by atoms with Crippen molar-refractivity contribution in [3.05, 3.63) is 24.3 Å². The van der Waals surface area contributed by atoms with Gasteiger partial charge in [0.05, 0.1) is 11.0 Å². The molecule has 2 atom stereocenters. The molecule has 2 heteroatoms. The maximum Gasteiger partial charge on any atom is 0.0951 e. The molecule has 0 heterocycles. The van der Waals surface area contributed by atoms with Crippen molar-refractivity contribution >= 4 is 11.6 Å². The number of alkyl halides is 1. The highest BCUT2D eigenvalue weighted by atomic mass is 35.5. The van der Waals surface area contributed by atoms with E-state index in [1.807, 2.05) is 18.2 Å². The summed E-state index contributed by atoms with van der Waals surface area (Å²) in [4.78, 5) is -0.552. The average Bonchev–Trinajstić information content (AvgIpc) is 1.96. The Kier molecular flexibility index (Phi) is 2.74. The van der Waals surface area contributed by atoms with E-state index in [2.05, 4.69) is 6.92 Å². The van der Waals surface area contributed by atoms with Gasteiger partial charge in [-0.05, 0) is 6.42 Å². The Morgan fingerprint density at radius 3 is 2.82 bits per heavy atom. The molecule has 1 aliphatic rings. The molecule has 2 unspecified atom stereocenters. The van der Waals surface area contributed by atoms with Crippen LogP contribution in [0.3, 0.4) is 0 Å². The van der Waals surface area contributed by atoms with E-state index in [1.54, 1.807) is 6.08 Å². The van der Waals surface area contributed by atoms with Gasteiger partial charge in [-0.1, -0.05) is 37.6 Å². The van der Waals surface area contributed by atoms with Gasteiger partial charge in [0.15, 0.2) is 0 Å². The second-order valence-corrected chi connectivity index (χ2v) is 3.57. The number of aliphatic hydroxyl groups is 1. The van der Waals surface area contributed by atoms with Crippen molar-refractivity contribution < 1.29 is 5.11 Å². The third kappa shape index (κ3) is 1.85. The van der Waals surface area contributed by atoms with Gasteiger partial charge in [0.2, 0.25) is 0 Å². The van der Waals surface area contributed by atoms with Gasteiger partial charge in [-0.3, -0.25) is 0 Å². The fourth-order valence-corrected chi connectivity index (χ4v) is 1.59. The molecule has 0 saturated carbocycles. The zero-order chi connectivity index (χ0) is 8.32. The highest BCUT2D eigenvalue weighted by Gasteiger charge is 2.31. The molecule has 0 bridgehead atoms. The third-order valence-electron chi connectivity index (χ3n) is 1.90. The highest BCUT2D eigenvalue weighted by molar-refractivity contribution is 6.26. The van der Waals surface area contributed by atoms with E-state index in [-0.39, 0.29) is 0 Å². The van der Waals surface area contributed by atoms with Crippen molar-refractivity contribution in [1.82, 2.24) is 0 Å². The van der Waals surface area contributed by atoms with Crippen LogP contribution in [0.2, 0.25) is 0 Å². The molecular weight excluding hydrogens is 160 g/mol. The van der Waals surface area contributed by atoms with Crippen molar-refractivity contribution in [2.24, 2.45) is 0 Å². The minimum absolute atomic E-state index is 0.533. The van der Waals surface area contributed by atoms with Crippen LogP contribution in [0.1, 0.15) is 19.8 Å². The molecule has 1 nitrogen and oxygen atoms in total. The van der Waals surface area contributed by atoms with E-state index < -0.39 is 11.0 Å². The van der Waals surface area contributed by atoms with Crippen LogP contribution >= 0.6 is 11.6 Å². The molecule has 0 radical (unpaired) electrons. The summed E-state index contributed by atoms with van der Waals surface area (Å²) < 4.78 is 0. The Bertz CT molecular complexity index is 186. The molecule has 0 spiro atoms. The Labute approximate surface area is 72.4 Å². The maximum absolute atomic E-state index is 9.49. The SMILES string of the molecule is CCCC1(Cl)C=CC=CC1O. The topological polar surface area (TPSA) is 20.2 Å². The van der Waals surface area contributed by atoms with Crippen LogP contribution in [0.15, 0.2) is 24.3 Å². The lowest BCUT2D eigenvalue weighted by Crippen LogP contribution is -2.34. The Hall–Kier alpha value is -0.270. The first-order valence-corrected chi connectivity index (χ1v) is 4.30. The smallest absolute Gasteiger partial charge is 0.0951 e. The Morgan fingerprint density at radius 1 is 1.55 bits per heavy atom. The lowest BCUT2D eigenvalue weighted by molar-refractivity contribution is 0.183. The molecule has 0 amide bonds. The molecule has 0 fully saturated rings. The molecule has 11 heavy (non-hydrogen) atoms. The fraction of sp³-hybridized carbons (Fsp3) is 0.556. The van der Waals surface area contributed by atoms with Gasteiger partial charge in [-0.15, -0.1) is 11.6 Å². The van der Waals surface area contributed by atoms with Crippen LogP contribution in [0.5, 0.6) is 0 Å². The molecule has 0 aromatic heterocycles. The molecule has 0 aliphatic heterocycles. The van der Waals surface area contributed by atoms with Gasteiger partial charge in [0.25, 0.3) is 0 Å². The summed E-state index contributed by atoms with van der Waals surface area (Å²) in [5.74, 6) is 0. The average molecular weight is 173 g/mol. The van der Waals surface area contributed by atoms with Gasteiger partial charge < -0.3 is 5.11 Å². The van der Waals surface area contributed by atoms with Crippen molar-refractivity contribution in [2.45, 2.75) is 30.7 Å². The molecule has 62 valence electrons. The van der Waals surface area contributed by atoms with Crippen LogP contribution in [-0.2, 0) is 0 Å². The summed E-state index contributed by atoms with van der Waals surface area (Å²) in [6.45, 7) is 2.06. The van der Waals surface area contributed by atoms with Gasteiger partial charge in [0.1, 0.15) is 0 Å². The van der Waals surface area contributed by atoms with E-state index in [1.165, 1.54) is 0 Å². The number of halogens is 1. The first-order chi connectivity index (χ1) is 5.19. The van der Waals surface area contributed by atoms with E-state index in [0.29, 0.717) is 0 Å². The van der Waals surface area contributed by atoms with Crippen LogP contribution < -0.4 is 0 Å². The number of hydrogen-bond acceptors (Lipinski definition) is 1. The van der Waals surface area contributed by atoms with E-state index in [0.717, 1.165) is 12.8 Å². The molecule has 0 aromatic rings. The van der Waals surface area contributed by atoms with Gasteiger partial charge in [0, 0.05) is 0 Å². The summed E-state index contributed by atoms with van der Waals surface area (Å²) >= 11 is 6.14. The van der Waals surface area contributed by atoms with Crippen molar-refractivity contribution in [1.29, 1.82) is 0 Å². The van der Waals surface area contributed by atoms with Crippen molar-refractivity contribution in [3.8, 4) is 0 Å². The predicted molar refractivity (Wildman–Crippen MR) is 47.8 cm³/mol. The molecule has 1 rings (SSSR count). The van der Waals surface area contributed by atoms with E-state index >= 15 is 0 Å². The third-order valence-corrected chi connectivity index (χ3v) is 2.44. The van der Waals surface area contributed by atoms with Crippen LogP contribution in [-0.4, -0.2) is 16.1 Å². The summed E-state index contributed by atoms with van der Waals surface area (Å²) in [5, 5.41) is 9.49. The van der Waals surface area contributed by atoms with E-state index in [4.69, 9.17) is 11.6 Å². The number of aliphatic hydroxyl groups excluding tert-OH is 1. The van der Waals surface area contributed by atoms with Gasteiger partial charge in [-0.2, -0.15) is 0 Å². The summed E-state index contributed by atoms with van der Waals surface area (Å²) in [5.41, 5.74) is 0. The minimum atomic E-state index is -0.552. The molecular formula is C9H13ClO. The first-order valence-electron chi connectivity index (χ1n) is 3.92. The summed E-state index contributed by atoms with van der Waals surface area (Å²) in [6.07, 6.45) is 8.56. The molecule has 0 saturated heterocycles. The Morgan fingerprint density at radius 2 is 2.27 bits per heavy atom. The van der Waals surface area contributed by atoms with Crippen LogP contribution in [0.25, 0.3) is 0 Å². The van der Waals surface area contributed by atoms with Crippen molar-refractivity contribution in [2.75, 3.05) is 0 Å². The van der Waals surface area contributed by atoms with Gasteiger partial charge >= 0.3 is 0 Å². The monoisotopic (exact) mass is 172 g/mol. The predicted octanol–water partition coefficient (Wildman–Crippen LogP) is 2.25. The normalized spacial score (nSPS) is 36.1. The summed E-state index contributed by atoms with van der Waals surface area (Å²) in [7, 11) is 0. The molecule has 1 N–H and O–H groups in total. The lowest BCUT2D eigenvalue weighted by atomic mass is 9.92. The number of rotatable bonds is 2. The summed E-state index contributed by atoms with van der Waals surface area (Å²) in [6, 6.07) is 0. The second kappa shape index (κ2) is 3.42. The van der Waals surface area contributed by atoms with E-state index in [9.17, 15) is 5.11 Å². The second-order valence-electron chi connectivity index (χ2n) is 2.87. The lowest BCUT2D eigenvalue weighted by Gasteiger charge is -2.28. The molecule has 0 aromatic carbocycles. The van der Waals surface area contributed by atoms with Crippen molar-refractivity contribution in [3.63, 3.8) is 0 Å². The Balaban J connectivity index is 2.68. The zero-order valence-electron chi connectivity index (χ0n) is 6.63. The first kappa shape index (κ1) is 8.82. The standard InChI is InChI=1S/C9H13ClO/c1-2-6-9(10)7-4-3-5-8(9)11/h3-5,7-8,11H,2,6H2,1H3. The van der Waals surface area contributed by atoms with Crippen LogP contribution in [0, 0.1) is 0 Å². The molecule has 1 aliphatic carbocycles. The van der Waals surface area contributed by atoms with Gasteiger partial charge in [-0.25, -0.2) is 0 Å². The minimum Gasteiger partial charge on any atom is -0.387 e. The maximum atomic E-state index is 9.49. The zero-order valence-corrected chi connectivity index (χ0v) is 7.38. The quantitative estimate of drug-likeness (QED) is 0.634. The fourth-order valence-electron chi connectivity index (χ4n) is 1.26. The highest BCUT2D eigenvalue weighted by Crippen LogP contribution is 2.30. The van der Waals surface area contributed by atoms with Crippen LogP contribution in [0.4, 0.5) is 0 Å². The largest absolute Gasteiger partial charge is 0.387 e. The number of hydrogen-bond donors (Lipinski definition) is 1. The number of allylic oxidation sites excluding steroid dienone is 2.